The Morgan fingerprint density at radius 1 is 1.29 bits per heavy atom. The van der Waals surface area contributed by atoms with Gasteiger partial charge in [-0.1, -0.05) is 30.7 Å². The maximum absolute atomic E-state index is 3.51. The lowest BCUT2D eigenvalue weighted by molar-refractivity contribution is 0.244. The molecule has 0 aromatic heterocycles. The van der Waals surface area contributed by atoms with Gasteiger partial charge in [0.15, 0.2) is 0 Å². The maximum atomic E-state index is 3.51. The fourth-order valence-electron chi connectivity index (χ4n) is 3.69. The molecule has 0 spiro atoms. The van der Waals surface area contributed by atoms with Crippen LogP contribution in [-0.2, 0) is 0 Å². The Kier molecular flexibility index (Phi) is 5.42. The van der Waals surface area contributed by atoms with E-state index in [0.717, 1.165) is 12.5 Å². The van der Waals surface area contributed by atoms with Crippen molar-refractivity contribution in [2.45, 2.75) is 32.9 Å². The molecule has 1 saturated heterocycles. The van der Waals surface area contributed by atoms with Gasteiger partial charge in [0.05, 0.1) is 0 Å². The van der Waals surface area contributed by atoms with E-state index < -0.39 is 0 Å². The van der Waals surface area contributed by atoms with Gasteiger partial charge in [0.1, 0.15) is 0 Å². The summed E-state index contributed by atoms with van der Waals surface area (Å²) >= 11 is 0. The molecule has 1 fully saturated rings. The molecule has 0 radical (unpaired) electrons. The van der Waals surface area contributed by atoms with Gasteiger partial charge in [0.25, 0.3) is 0 Å². The van der Waals surface area contributed by atoms with E-state index in [1.54, 1.807) is 0 Å². The average molecular weight is 289 g/mol. The Labute approximate surface area is 130 Å². The van der Waals surface area contributed by atoms with Crippen molar-refractivity contribution in [2.24, 2.45) is 5.92 Å². The van der Waals surface area contributed by atoms with Crippen molar-refractivity contribution < 1.29 is 0 Å². The highest BCUT2D eigenvalue weighted by Crippen LogP contribution is 2.25. The molecule has 1 aliphatic rings. The van der Waals surface area contributed by atoms with Crippen molar-refractivity contribution in [3.05, 3.63) is 34.9 Å². The number of hydrogen-bond acceptors (Lipinski definition) is 3. The lowest BCUT2D eigenvalue weighted by Gasteiger charge is -2.26. The number of benzene rings is 1. The quantitative estimate of drug-likeness (QED) is 0.898. The van der Waals surface area contributed by atoms with Gasteiger partial charge in [0.2, 0.25) is 0 Å². The van der Waals surface area contributed by atoms with Gasteiger partial charge in [-0.2, -0.15) is 0 Å². The van der Waals surface area contributed by atoms with E-state index in [0.29, 0.717) is 12.1 Å². The Hall–Kier alpha value is -0.900. The van der Waals surface area contributed by atoms with E-state index in [-0.39, 0.29) is 0 Å². The SMILES string of the molecule is CNC(CN1CC(C)C(N(C)C)C1)c1ccc(C)cc1C. The van der Waals surface area contributed by atoms with Crippen LogP contribution in [0.25, 0.3) is 0 Å². The summed E-state index contributed by atoms with van der Waals surface area (Å²) in [6.07, 6.45) is 0. The van der Waals surface area contributed by atoms with Gasteiger partial charge >= 0.3 is 0 Å². The zero-order valence-corrected chi connectivity index (χ0v) is 14.5. The van der Waals surface area contributed by atoms with Crippen LogP contribution in [-0.4, -0.2) is 56.6 Å². The molecule has 118 valence electrons. The van der Waals surface area contributed by atoms with E-state index in [1.807, 2.05) is 0 Å². The monoisotopic (exact) mass is 289 g/mol. The van der Waals surface area contributed by atoms with Crippen LogP contribution in [0.3, 0.4) is 0 Å². The van der Waals surface area contributed by atoms with E-state index in [9.17, 15) is 0 Å². The Bertz CT molecular complexity index is 470. The van der Waals surface area contributed by atoms with Crippen molar-refractivity contribution in [1.29, 1.82) is 0 Å². The highest BCUT2D eigenvalue weighted by atomic mass is 15.2. The summed E-state index contributed by atoms with van der Waals surface area (Å²) in [5, 5.41) is 3.51. The van der Waals surface area contributed by atoms with Crippen molar-refractivity contribution in [3.8, 4) is 0 Å². The molecule has 0 bridgehead atoms. The molecule has 2 rings (SSSR count). The van der Waals surface area contributed by atoms with Crippen molar-refractivity contribution in [3.63, 3.8) is 0 Å². The first-order chi connectivity index (χ1) is 9.92. The second-order valence-corrected chi connectivity index (χ2v) is 6.93. The van der Waals surface area contributed by atoms with Crippen LogP contribution in [0.1, 0.15) is 29.7 Å². The fourth-order valence-corrected chi connectivity index (χ4v) is 3.69. The molecule has 3 unspecified atom stereocenters. The smallest absolute Gasteiger partial charge is 0.0449 e. The lowest BCUT2D eigenvalue weighted by atomic mass is 9.99. The summed E-state index contributed by atoms with van der Waals surface area (Å²) in [7, 11) is 6.47. The first-order valence-electron chi connectivity index (χ1n) is 8.05. The Morgan fingerprint density at radius 2 is 2.00 bits per heavy atom. The van der Waals surface area contributed by atoms with Gasteiger partial charge in [-0.25, -0.2) is 0 Å². The van der Waals surface area contributed by atoms with E-state index in [2.05, 4.69) is 75.2 Å². The van der Waals surface area contributed by atoms with Gasteiger partial charge < -0.3 is 10.2 Å². The molecule has 0 saturated carbocycles. The fraction of sp³-hybridized carbons (Fsp3) is 0.667. The second kappa shape index (κ2) is 6.91. The molecule has 1 heterocycles. The first kappa shape index (κ1) is 16.5. The number of hydrogen-bond donors (Lipinski definition) is 1. The van der Waals surface area contributed by atoms with Gasteiger partial charge in [0, 0.05) is 31.7 Å². The maximum Gasteiger partial charge on any atom is 0.0449 e. The highest BCUT2D eigenvalue weighted by molar-refractivity contribution is 5.33. The van der Waals surface area contributed by atoms with Crippen molar-refractivity contribution >= 4 is 0 Å². The number of likely N-dealkylation sites (tertiary alicyclic amines) is 1. The highest BCUT2D eigenvalue weighted by Gasteiger charge is 2.32. The molecule has 0 amide bonds. The molecule has 3 atom stereocenters. The number of aryl methyl sites for hydroxylation is 2. The largest absolute Gasteiger partial charge is 0.312 e. The summed E-state index contributed by atoms with van der Waals surface area (Å²) < 4.78 is 0. The van der Waals surface area contributed by atoms with Crippen LogP contribution in [0.15, 0.2) is 18.2 Å². The summed E-state index contributed by atoms with van der Waals surface area (Å²) in [4.78, 5) is 4.98. The molecule has 1 aromatic rings. The third kappa shape index (κ3) is 3.85. The summed E-state index contributed by atoms with van der Waals surface area (Å²) in [6, 6.07) is 7.89. The van der Waals surface area contributed by atoms with Crippen LogP contribution in [0.5, 0.6) is 0 Å². The minimum Gasteiger partial charge on any atom is -0.312 e. The molecule has 3 heteroatoms. The van der Waals surface area contributed by atoms with Gasteiger partial charge in [-0.05, 0) is 52.0 Å². The van der Waals surface area contributed by atoms with Crippen LogP contribution < -0.4 is 5.32 Å². The average Bonchev–Trinajstić information content (AvgIpc) is 2.78. The van der Waals surface area contributed by atoms with Crippen LogP contribution in [0.4, 0.5) is 0 Å². The predicted molar refractivity (Wildman–Crippen MR) is 90.8 cm³/mol. The Morgan fingerprint density at radius 3 is 2.52 bits per heavy atom. The predicted octanol–water partition coefficient (Wildman–Crippen LogP) is 2.45. The standard InChI is InChI=1S/C18H31N3/c1-13-7-8-16(14(2)9-13)17(19-4)11-21-10-15(3)18(12-21)20(5)6/h7-9,15,17-19H,10-12H2,1-6H3. The topological polar surface area (TPSA) is 18.5 Å². The molecular formula is C18H31N3. The molecule has 1 aliphatic heterocycles. The van der Waals surface area contributed by atoms with Crippen LogP contribution in [0.2, 0.25) is 0 Å². The molecule has 1 aromatic carbocycles. The zero-order chi connectivity index (χ0) is 15.6. The summed E-state index contributed by atoms with van der Waals surface area (Å²) in [6.45, 7) is 10.2. The third-order valence-electron chi connectivity index (χ3n) is 4.90. The van der Waals surface area contributed by atoms with Crippen molar-refractivity contribution in [2.75, 3.05) is 40.8 Å². The van der Waals surface area contributed by atoms with E-state index in [1.165, 1.54) is 29.8 Å². The van der Waals surface area contributed by atoms with Crippen molar-refractivity contribution in [1.82, 2.24) is 15.1 Å². The summed E-state index contributed by atoms with van der Waals surface area (Å²) in [5.41, 5.74) is 4.17. The number of nitrogens with one attached hydrogen (secondary N) is 1. The summed E-state index contributed by atoms with van der Waals surface area (Å²) in [5.74, 6) is 0.747. The van der Waals surface area contributed by atoms with E-state index in [4.69, 9.17) is 0 Å². The number of nitrogens with zero attached hydrogens (tertiary/aromatic N) is 2. The minimum atomic E-state index is 0.415. The number of rotatable bonds is 5. The first-order valence-corrected chi connectivity index (χ1v) is 8.05. The lowest BCUT2D eigenvalue weighted by Crippen LogP contribution is -2.36. The molecule has 21 heavy (non-hydrogen) atoms. The zero-order valence-electron chi connectivity index (χ0n) is 14.5. The molecular weight excluding hydrogens is 258 g/mol. The molecule has 3 nitrogen and oxygen atoms in total. The minimum absolute atomic E-state index is 0.415. The third-order valence-corrected chi connectivity index (χ3v) is 4.90. The normalized spacial score (nSPS) is 24.7. The van der Waals surface area contributed by atoms with E-state index >= 15 is 0 Å². The molecule has 1 N–H and O–H groups in total. The Balaban J connectivity index is 2.06. The van der Waals surface area contributed by atoms with Crippen LogP contribution in [0, 0.1) is 19.8 Å². The number of likely N-dealkylation sites (N-methyl/N-ethyl adjacent to an activating group) is 2. The molecule has 0 aliphatic carbocycles. The van der Waals surface area contributed by atoms with Gasteiger partial charge in [-0.15, -0.1) is 0 Å². The van der Waals surface area contributed by atoms with Gasteiger partial charge in [-0.3, -0.25) is 4.90 Å². The second-order valence-electron chi connectivity index (χ2n) is 6.93. The van der Waals surface area contributed by atoms with Crippen LogP contribution >= 0.6 is 0 Å².